The van der Waals surface area contributed by atoms with Crippen LogP contribution < -0.4 is 5.56 Å². The number of methoxy groups -OCH3 is 1. The molecule has 7 nitrogen and oxygen atoms in total. The molecule has 3 heterocycles. The van der Waals surface area contributed by atoms with Crippen LogP contribution in [0.3, 0.4) is 0 Å². The SMILES string of the molecule is COC(=O)c1nc(-c2cccnc2)c2c(cc(-c3ccccc3)c(=O)n2C)c1O. The average Bonchev–Trinajstić information content (AvgIpc) is 2.77. The third-order valence-electron chi connectivity index (χ3n) is 4.74. The van der Waals surface area contributed by atoms with E-state index in [1.807, 2.05) is 30.3 Å². The van der Waals surface area contributed by atoms with Crippen molar-refractivity contribution in [3.05, 3.63) is 77.0 Å². The van der Waals surface area contributed by atoms with E-state index in [1.54, 1.807) is 37.6 Å². The van der Waals surface area contributed by atoms with Gasteiger partial charge in [-0.1, -0.05) is 30.3 Å². The van der Waals surface area contributed by atoms with Crippen LogP contribution in [-0.4, -0.2) is 32.7 Å². The molecule has 1 aromatic carbocycles. The predicted molar refractivity (Wildman–Crippen MR) is 109 cm³/mol. The molecule has 0 saturated carbocycles. The fourth-order valence-corrected chi connectivity index (χ4v) is 3.32. The fraction of sp³-hybridized carbons (Fsp3) is 0.0909. The number of carbonyl (C=O) groups is 1. The summed E-state index contributed by atoms with van der Waals surface area (Å²) in [5.41, 5.74) is 1.98. The lowest BCUT2D eigenvalue weighted by Gasteiger charge is -2.15. The number of hydrogen-bond donors (Lipinski definition) is 1. The molecule has 0 aliphatic rings. The van der Waals surface area contributed by atoms with Crippen LogP contribution in [0.1, 0.15) is 10.5 Å². The highest BCUT2D eigenvalue weighted by molar-refractivity contribution is 6.04. The van der Waals surface area contributed by atoms with Crippen LogP contribution in [0.25, 0.3) is 33.3 Å². The normalized spacial score (nSPS) is 10.8. The van der Waals surface area contributed by atoms with Gasteiger partial charge in [-0.2, -0.15) is 0 Å². The summed E-state index contributed by atoms with van der Waals surface area (Å²) in [6.07, 6.45) is 3.19. The average molecular weight is 387 g/mol. The molecule has 29 heavy (non-hydrogen) atoms. The van der Waals surface area contributed by atoms with Crippen LogP contribution in [0.2, 0.25) is 0 Å². The molecule has 4 aromatic rings. The van der Waals surface area contributed by atoms with Gasteiger partial charge in [0.05, 0.1) is 18.3 Å². The number of aromatic hydroxyl groups is 1. The Morgan fingerprint density at radius 2 is 1.83 bits per heavy atom. The molecule has 0 atom stereocenters. The molecule has 0 saturated heterocycles. The number of hydrogen-bond acceptors (Lipinski definition) is 6. The van der Waals surface area contributed by atoms with Crippen LogP contribution in [-0.2, 0) is 11.8 Å². The molecule has 0 spiro atoms. The van der Waals surface area contributed by atoms with E-state index in [0.29, 0.717) is 33.3 Å². The fourth-order valence-electron chi connectivity index (χ4n) is 3.32. The number of rotatable bonds is 3. The number of esters is 1. The van der Waals surface area contributed by atoms with Gasteiger partial charge >= 0.3 is 5.97 Å². The van der Waals surface area contributed by atoms with Gasteiger partial charge in [-0.3, -0.25) is 9.78 Å². The number of nitrogens with zero attached hydrogens (tertiary/aromatic N) is 3. The highest BCUT2D eigenvalue weighted by Gasteiger charge is 2.23. The van der Waals surface area contributed by atoms with E-state index in [0.717, 1.165) is 0 Å². The smallest absolute Gasteiger partial charge is 0.360 e. The van der Waals surface area contributed by atoms with E-state index in [1.165, 1.54) is 11.7 Å². The molecule has 0 aliphatic carbocycles. The summed E-state index contributed by atoms with van der Waals surface area (Å²) in [4.78, 5) is 33.8. The van der Waals surface area contributed by atoms with E-state index in [2.05, 4.69) is 9.97 Å². The Kier molecular flexibility index (Phi) is 4.56. The predicted octanol–water partition coefficient (Wildman–Crippen LogP) is 3.15. The van der Waals surface area contributed by atoms with Crippen molar-refractivity contribution < 1.29 is 14.6 Å². The molecular weight excluding hydrogens is 370 g/mol. The van der Waals surface area contributed by atoms with Crippen molar-refractivity contribution in [2.24, 2.45) is 7.05 Å². The highest BCUT2D eigenvalue weighted by Crippen LogP contribution is 2.35. The van der Waals surface area contributed by atoms with Crippen molar-refractivity contribution in [1.29, 1.82) is 0 Å². The summed E-state index contributed by atoms with van der Waals surface area (Å²) in [6, 6.07) is 14.2. The zero-order valence-corrected chi connectivity index (χ0v) is 15.8. The minimum Gasteiger partial charge on any atom is -0.505 e. The van der Waals surface area contributed by atoms with Crippen molar-refractivity contribution in [3.63, 3.8) is 0 Å². The molecule has 0 aliphatic heterocycles. The van der Waals surface area contributed by atoms with Crippen LogP contribution in [0, 0.1) is 0 Å². The van der Waals surface area contributed by atoms with Gasteiger partial charge in [-0.05, 0) is 23.8 Å². The first-order valence-electron chi connectivity index (χ1n) is 8.83. The molecule has 0 fully saturated rings. The second-order valence-corrected chi connectivity index (χ2v) is 6.44. The zero-order valence-electron chi connectivity index (χ0n) is 15.8. The molecule has 1 N–H and O–H groups in total. The first kappa shape index (κ1) is 18.4. The molecule has 0 bridgehead atoms. The maximum absolute atomic E-state index is 13.1. The van der Waals surface area contributed by atoms with Crippen molar-refractivity contribution in [2.45, 2.75) is 0 Å². The number of carbonyl (C=O) groups excluding carboxylic acids is 1. The topological polar surface area (TPSA) is 94.3 Å². The Balaban J connectivity index is 2.16. The first-order valence-corrected chi connectivity index (χ1v) is 8.83. The molecule has 4 rings (SSSR count). The van der Waals surface area contributed by atoms with E-state index in [9.17, 15) is 14.7 Å². The van der Waals surface area contributed by atoms with Crippen molar-refractivity contribution in [2.75, 3.05) is 7.11 Å². The van der Waals surface area contributed by atoms with Gasteiger partial charge in [0.1, 0.15) is 0 Å². The van der Waals surface area contributed by atoms with Gasteiger partial charge < -0.3 is 14.4 Å². The molecule has 0 unspecified atom stereocenters. The number of benzene rings is 1. The third-order valence-corrected chi connectivity index (χ3v) is 4.74. The lowest BCUT2D eigenvalue weighted by Crippen LogP contribution is -2.20. The number of ether oxygens (including phenoxy) is 1. The Labute approximate surface area is 165 Å². The Morgan fingerprint density at radius 1 is 1.10 bits per heavy atom. The lowest BCUT2D eigenvalue weighted by molar-refractivity contribution is 0.0591. The van der Waals surface area contributed by atoms with Gasteiger partial charge in [0.25, 0.3) is 5.56 Å². The first-order chi connectivity index (χ1) is 14.0. The second-order valence-electron chi connectivity index (χ2n) is 6.44. The molecule has 7 heteroatoms. The molecular formula is C22H17N3O4. The summed E-state index contributed by atoms with van der Waals surface area (Å²) in [7, 11) is 2.82. The summed E-state index contributed by atoms with van der Waals surface area (Å²) >= 11 is 0. The standard InChI is InChI=1S/C22H17N3O4/c1-25-19-16(11-15(21(25)27)13-7-4-3-5-8-13)20(26)18(22(28)29-2)24-17(19)14-9-6-10-23-12-14/h3-12,26H,1-2H3. The maximum Gasteiger partial charge on any atom is 0.360 e. The number of fused-ring (bicyclic) bond motifs is 1. The summed E-state index contributed by atoms with van der Waals surface area (Å²) in [5.74, 6) is -1.11. The Morgan fingerprint density at radius 3 is 2.48 bits per heavy atom. The van der Waals surface area contributed by atoms with Crippen molar-refractivity contribution in [1.82, 2.24) is 14.5 Å². The van der Waals surface area contributed by atoms with Crippen LogP contribution in [0.5, 0.6) is 5.75 Å². The lowest BCUT2D eigenvalue weighted by atomic mass is 10.0. The van der Waals surface area contributed by atoms with E-state index in [4.69, 9.17) is 4.74 Å². The second kappa shape index (κ2) is 7.20. The van der Waals surface area contributed by atoms with Crippen LogP contribution >= 0.6 is 0 Å². The number of pyridine rings is 3. The minimum atomic E-state index is -0.773. The van der Waals surface area contributed by atoms with Crippen LogP contribution in [0.4, 0.5) is 0 Å². The van der Waals surface area contributed by atoms with Gasteiger partial charge in [0, 0.05) is 36.0 Å². The van der Waals surface area contributed by atoms with E-state index in [-0.39, 0.29) is 17.0 Å². The summed E-state index contributed by atoms with van der Waals surface area (Å²) in [5, 5.41) is 11.1. The maximum atomic E-state index is 13.1. The molecule has 0 amide bonds. The number of aryl methyl sites for hydroxylation is 1. The van der Waals surface area contributed by atoms with E-state index >= 15 is 0 Å². The van der Waals surface area contributed by atoms with Gasteiger partial charge in [-0.25, -0.2) is 9.78 Å². The Hall–Kier alpha value is -4.00. The Bertz CT molecular complexity index is 1280. The monoisotopic (exact) mass is 387 g/mol. The minimum absolute atomic E-state index is 0.225. The van der Waals surface area contributed by atoms with Crippen molar-refractivity contribution >= 4 is 16.9 Å². The van der Waals surface area contributed by atoms with Gasteiger partial charge in [-0.15, -0.1) is 0 Å². The molecule has 3 aromatic heterocycles. The number of aromatic nitrogens is 3. The summed E-state index contributed by atoms with van der Waals surface area (Å²) < 4.78 is 6.20. The van der Waals surface area contributed by atoms with Gasteiger partial charge in [0.2, 0.25) is 0 Å². The van der Waals surface area contributed by atoms with Crippen LogP contribution in [0.15, 0.2) is 65.7 Å². The molecule has 0 radical (unpaired) electrons. The molecule has 144 valence electrons. The van der Waals surface area contributed by atoms with Gasteiger partial charge in [0.15, 0.2) is 11.4 Å². The van der Waals surface area contributed by atoms with E-state index < -0.39 is 5.97 Å². The zero-order chi connectivity index (χ0) is 20.5. The highest BCUT2D eigenvalue weighted by atomic mass is 16.5. The van der Waals surface area contributed by atoms with Crippen molar-refractivity contribution in [3.8, 4) is 28.1 Å². The summed E-state index contributed by atoms with van der Waals surface area (Å²) in [6.45, 7) is 0. The largest absolute Gasteiger partial charge is 0.505 e. The third kappa shape index (κ3) is 3.02. The quantitative estimate of drug-likeness (QED) is 0.543.